The van der Waals surface area contributed by atoms with Gasteiger partial charge in [-0.05, 0) is 25.1 Å². The van der Waals surface area contributed by atoms with E-state index in [0.29, 0.717) is 6.61 Å². The van der Waals surface area contributed by atoms with E-state index in [2.05, 4.69) is 4.98 Å². The summed E-state index contributed by atoms with van der Waals surface area (Å²) in [5.41, 5.74) is 0.918. The largest absolute Gasteiger partial charge is 0.495 e. The number of rotatable bonds is 2. The summed E-state index contributed by atoms with van der Waals surface area (Å²) in [6, 6.07) is 7.34. The molecule has 0 saturated heterocycles. The lowest BCUT2D eigenvalue weighted by molar-refractivity contribution is 0.341. The summed E-state index contributed by atoms with van der Waals surface area (Å²) < 4.78 is 5.33. The van der Waals surface area contributed by atoms with E-state index < -0.39 is 0 Å². The fourth-order valence-corrected chi connectivity index (χ4v) is 1.35. The Morgan fingerprint density at radius 1 is 1.38 bits per heavy atom. The second-order valence-corrected chi connectivity index (χ2v) is 2.84. The molecule has 0 aliphatic rings. The van der Waals surface area contributed by atoms with Gasteiger partial charge >= 0.3 is 0 Å². The van der Waals surface area contributed by atoms with Gasteiger partial charge in [-0.3, -0.25) is 0 Å². The molecular formula is C10H11NO2. The number of benzene rings is 1. The fourth-order valence-electron chi connectivity index (χ4n) is 1.35. The van der Waals surface area contributed by atoms with Crippen molar-refractivity contribution in [3.8, 4) is 11.6 Å². The molecule has 68 valence electrons. The lowest BCUT2D eigenvalue weighted by Gasteiger charge is -2.01. The first-order valence-corrected chi connectivity index (χ1v) is 4.24. The zero-order valence-electron chi connectivity index (χ0n) is 7.37. The third-order valence-corrected chi connectivity index (χ3v) is 1.89. The number of hydrogen-bond donors (Lipinski definition) is 2. The van der Waals surface area contributed by atoms with Gasteiger partial charge < -0.3 is 14.8 Å². The number of aromatic hydroxyl groups is 1. The minimum atomic E-state index is 0.184. The molecule has 0 aliphatic heterocycles. The van der Waals surface area contributed by atoms with E-state index in [1.165, 1.54) is 0 Å². The predicted molar refractivity (Wildman–Crippen MR) is 51.1 cm³/mol. The van der Waals surface area contributed by atoms with E-state index in [4.69, 9.17) is 4.74 Å². The van der Waals surface area contributed by atoms with Crippen LogP contribution in [0.3, 0.4) is 0 Å². The van der Waals surface area contributed by atoms with Crippen LogP contribution in [-0.4, -0.2) is 16.7 Å². The van der Waals surface area contributed by atoms with E-state index in [1.807, 2.05) is 25.1 Å². The third kappa shape index (κ3) is 1.45. The lowest BCUT2D eigenvalue weighted by atomic mass is 10.2. The van der Waals surface area contributed by atoms with E-state index >= 15 is 0 Å². The monoisotopic (exact) mass is 177 g/mol. The second kappa shape index (κ2) is 3.01. The summed E-state index contributed by atoms with van der Waals surface area (Å²) in [7, 11) is 0. The zero-order chi connectivity index (χ0) is 9.26. The van der Waals surface area contributed by atoms with Crippen molar-refractivity contribution in [1.29, 1.82) is 0 Å². The molecule has 0 bridgehead atoms. The molecule has 0 saturated carbocycles. The molecule has 2 N–H and O–H groups in total. The van der Waals surface area contributed by atoms with Gasteiger partial charge in [-0.2, -0.15) is 0 Å². The maximum atomic E-state index is 9.18. The van der Waals surface area contributed by atoms with Crippen LogP contribution in [-0.2, 0) is 0 Å². The topological polar surface area (TPSA) is 45.2 Å². The molecule has 0 spiro atoms. The standard InChI is InChI=1S/C10H11NO2/c1-2-13-8-3-4-9-7(5-8)6-10(12)11-9/h3-6,11-12H,2H2,1H3. The minimum Gasteiger partial charge on any atom is -0.495 e. The molecule has 1 heterocycles. The molecule has 0 aliphatic carbocycles. The average Bonchev–Trinajstić information content (AvgIpc) is 2.44. The summed E-state index contributed by atoms with van der Waals surface area (Å²) in [5.74, 6) is 1.01. The quantitative estimate of drug-likeness (QED) is 0.739. The molecule has 2 aromatic rings. The first kappa shape index (κ1) is 7.98. The Morgan fingerprint density at radius 3 is 3.00 bits per heavy atom. The van der Waals surface area contributed by atoms with Crippen LogP contribution in [0.4, 0.5) is 0 Å². The molecule has 0 amide bonds. The van der Waals surface area contributed by atoms with Gasteiger partial charge in [0, 0.05) is 17.0 Å². The van der Waals surface area contributed by atoms with Crippen LogP contribution in [0, 0.1) is 0 Å². The maximum absolute atomic E-state index is 9.18. The van der Waals surface area contributed by atoms with Gasteiger partial charge in [0.05, 0.1) is 6.61 Å². The van der Waals surface area contributed by atoms with Gasteiger partial charge in [0.1, 0.15) is 5.75 Å². The Kier molecular flexibility index (Phi) is 1.85. The summed E-state index contributed by atoms with van der Waals surface area (Å²) in [5, 5.41) is 10.1. The number of aromatic amines is 1. The van der Waals surface area contributed by atoms with Crippen molar-refractivity contribution in [3.05, 3.63) is 24.3 Å². The highest BCUT2D eigenvalue weighted by atomic mass is 16.5. The number of aromatic nitrogens is 1. The Labute approximate surface area is 76.0 Å². The third-order valence-electron chi connectivity index (χ3n) is 1.89. The molecule has 1 aromatic carbocycles. The van der Waals surface area contributed by atoms with Gasteiger partial charge in [-0.1, -0.05) is 0 Å². The summed E-state index contributed by atoms with van der Waals surface area (Å²) in [4.78, 5) is 2.83. The summed E-state index contributed by atoms with van der Waals surface area (Å²) in [6.45, 7) is 2.60. The number of hydrogen-bond acceptors (Lipinski definition) is 2. The Hall–Kier alpha value is -1.64. The SMILES string of the molecule is CCOc1ccc2[nH]c(O)cc2c1. The highest BCUT2D eigenvalue weighted by Gasteiger charge is 2.00. The second-order valence-electron chi connectivity index (χ2n) is 2.84. The van der Waals surface area contributed by atoms with Crippen LogP contribution in [0.25, 0.3) is 10.9 Å². The van der Waals surface area contributed by atoms with Gasteiger partial charge in [0.25, 0.3) is 0 Å². The van der Waals surface area contributed by atoms with Crippen molar-refractivity contribution in [1.82, 2.24) is 4.98 Å². The zero-order valence-corrected chi connectivity index (χ0v) is 7.37. The summed E-state index contributed by atoms with van der Waals surface area (Å²) >= 11 is 0. The molecule has 3 heteroatoms. The van der Waals surface area contributed by atoms with Gasteiger partial charge in [-0.25, -0.2) is 0 Å². The highest BCUT2D eigenvalue weighted by Crippen LogP contribution is 2.23. The molecule has 1 aromatic heterocycles. The van der Waals surface area contributed by atoms with E-state index in [-0.39, 0.29) is 5.88 Å². The van der Waals surface area contributed by atoms with Crippen molar-refractivity contribution in [2.45, 2.75) is 6.92 Å². The van der Waals surface area contributed by atoms with Gasteiger partial charge in [-0.15, -0.1) is 0 Å². The van der Waals surface area contributed by atoms with Crippen LogP contribution in [0.5, 0.6) is 11.6 Å². The summed E-state index contributed by atoms with van der Waals surface area (Å²) in [6.07, 6.45) is 0. The van der Waals surface area contributed by atoms with E-state index in [9.17, 15) is 5.11 Å². The van der Waals surface area contributed by atoms with Crippen molar-refractivity contribution in [2.75, 3.05) is 6.61 Å². The number of ether oxygens (including phenoxy) is 1. The normalized spacial score (nSPS) is 10.5. The first-order valence-electron chi connectivity index (χ1n) is 4.24. The smallest absolute Gasteiger partial charge is 0.189 e. The van der Waals surface area contributed by atoms with Crippen molar-refractivity contribution in [3.63, 3.8) is 0 Å². The molecule has 2 rings (SSSR count). The average molecular weight is 177 g/mol. The first-order chi connectivity index (χ1) is 6.29. The predicted octanol–water partition coefficient (Wildman–Crippen LogP) is 2.27. The molecule has 0 fully saturated rings. The molecule has 0 radical (unpaired) electrons. The number of fused-ring (bicyclic) bond motifs is 1. The van der Waals surface area contributed by atoms with E-state index in [0.717, 1.165) is 16.7 Å². The van der Waals surface area contributed by atoms with Crippen LogP contribution >= 0.6 is 0 Å². The maximum Gasteiger partial charge on any atom is 0.189 e. The molecule has 0 atom stereocenters. The van der Waals surface area contributed by atoms with Crippen LogP contribution < -0.4 is 4.74 Å². The van der Waals surface area contributed by atoms with Gasteiger partial charge in [0.15, 0.2) is 5.88 Å². The Balaban J connectivity index is 2.48. The Morgan fingerprint density at radius 2 is 2.23 bits per heavy atom. The molecular weight excluding hydrogens is 166 g/mol. The number of H-pyrrole nitrogens is 1. The lowest BCUT2D eigenvalue weighted by Crippen LogP contribution is -1.90. The van der Waals surface area contributed by atoms with Crippen molar-refractivity contribution < 1.29 is 9.84 Å². The van der Waals surface area contributed by atoms with Crippen LogP contribution in [0.2, 0.25) is 0 Å². The van der Waals surface area contributed by atoms with Crippen molar-refractivity contribution >= 4 is 10.9 Å². The molecule has 3 nitrogen and oxygen atoms in total. The number of nitrogens with one attached hydrogen (secondary N) is 1. The highest BCUT2D eigenvalue weighted by molar-refractivity contribution is 5.82. The van der Waals surface area contributed by atoms with E-state index in [1.54, 1.807) is 6.07 Å². The minimum absolute atomic E-state index is 0.184. The van der Waals surface area contributed by atoms with Crippen molar-refractivity contribution in [2.24, 2.45) is 0 Å². The van der Waals surface area contributed by atoms with Gasteiger partial charge in [0.2, 0.25) is 0 Å². The molecule has 0 unspecified atom stereocenters. The fraction of sp³-hybridized carbons (Fsp3) is 0.200. The molecule has 13 heavy (non-hydrogen) atoms. The Bertz CT molecular complexity index is 420. The van der Waals surface area contributed by atoms with Crippen LogP contribution in [0.15, 0.2) is 24.3 Å². The van der Waals surface area contributed by atoms with Crippen LogP contribution in [0.1, 0.15) is 6.92 Å².